The van der Waals surface area contributed by atoms with Gasteiger partial charge in [-0.05, 0) is 18.2 Å². The van der Waals surface area contributed by atoms with E-state index in [9.17, 15) is 24.9 Å². The van der Waals surface area contributed by atoms with Gasteiger partial charge in [-0.25, -0.2) is 4.79 Å². The van der Waals surface area contributed by atoms with Crippen molar-refractivity contribution in [1.82, 2.24) is 5.32 Å². The zero-order valence-electron chi connectivity index (χ0n) is 12.3. The van der Waals surface area contributed by atoms with Crippen LogP contribution in [0.4, 0.5) is 0 Å². The SMILES string of the molecule is O=C(O)C1=C[C@H](O)[C@@H](NC(=O)c2ccco2)[C@H]([C@H](O)[C@H](O)CO)O1. The lowest BCUT2D eigenvalue weighted by Crippen LogP contribution is -2.60. The largest absolute Gasteiger partial charge is 0.478 e. The van der Waals surface area contributed by atoms with Crippen LogP contribution < -0.4 is 5.32 Å². The quantitative estimate of drug-likeness (QED) is 0.336. The number of carbonyl (C=O) groups excluding carboxylic acids is 1. The number of furan rings is 1. The number of carboxylic acids is 1. The molecule has 0 unspecified atom stereocenters. The van der Waals surface area contributed by atoms with Crippen molar-refractivity contribution in [1.29, 1.82) is 0 Å². The first-order valence-corrected chi connectivity index (χ1v) is 6.96. The summed E-state index contributed by atoms with van der Waals surface area (Å²) in [6.45, 7) is -0.831. The first-order chi connectivity index (χ1) is 11.3. The second-order valence-corrected chi connectivity index (χ2v) is 5.13. The van der Waals surface area contributed by atoms with Gasteiger partial charge in [0, 0.05) is 0 Å². The highest BCUT2D eigenvalue weighted by Gasteiger charge is 2.43. The molecule has 5 atom stereocenters. The summed E-state index contributed by atoms with van der Waals surface area (Å²) in [6.07, 6.45) is -4.36. The van der Waals surface area contributed by atoms with Gasteiger partial charge in [-0.3, -0.25) is 4.79 Å². The summed E-state index contributed by atoms with van der Waals surface area (Å²) < 4.78 is 9.97. The van der Waals surface area contributed by atoms with Gasteiger partial charge in [0.25, 0.3) is 5.91 Å². The van der Waals surface area contributed by atoms with Gasteiger partial charge in [0.1, 0.15) is 18.3 Å². The highest BCUT2D eigenvalue weighted by Crippen LogP contribution is 2.23. The van der Waals surface area contributed by atoms with E-state index in [1.165, 1.54) is 18.4 Å². The number of carboxylic acid groups (broad SMARTS) is 1. The Hall–Kier alpha value is -2.40. The van der Waals surface area contributed by atoms with Gasteiger partial charge in [0.2, 0.25) is 5.76 Å². The van der Waals surface area contributed by atoms with Crippen molar-refractivity contribution in [3.05, 3.63) is 36.0 Å². The number of aliphatic carboxylic acids is 1. The van der Waals surface area contributed by atoms with E-state index in [1.54, 1.807) is 0 Å². The molecule has 1 aromatic heterocycles. The van der Waals surface area contributed by atoms with Gasteiger partial charge in [-0.1, -0.05) is 0 Å². The van der Waals surface area contributed by atoms with Crippen LogP contribution in [0.15, 0.2) is 34.6 Å². The molecule has 1 aliphatic heterocycles. The fourth-order valence-electron chi connectivity index (χ4n) is 2.24. The van der Waals surface area contributed by atoms with E-state index < -0.39 is 54.7 Å². The number of hydrogen-bond donors (Lipinski definition) is 6. The second-order valence-electron chi connectivity index (χ2n) is 5.13. The molecule has 0 radical (unpaired) electrons. The molecule has 0 saturated carbocycles. The number of aliphatic hydroxyl groups excluding tert-OH is 4. The molecule has 0 saturated heterocycles. The van der Waals surface area contributed by atoms with Crippen molar-refractivity contribution >= 4 is 11.9 Å². The minimum atomic E-state index is -1.77. The zero-order valence-corrected chi connectivity index (χ0v) is 12.3. The smallest absolute Gasteiger partial charge is 0.370 e. The molecule has 1 aromatic rings. The standard InChI is InChI=1S/C14H17NO9/c16-5-7(18)11(19)12-10(6(17)4-9(24-12)14(21)22)15-13(20)8-2-1-3-23-8/h1-4,6-7,10-12,16-19H,5H2,(H,15,20)(H,21,22)/t6-,7+,10+,11+,12+/m0/s1. The Bertz CT molecular complexity index is 612. The summed E-state index contributed by atoms with van der Waals surface area (Å²) in [5.74, 6) is -2.97. The Kier molecular flexibility index (Phi) is 5.57. The van der Waals surface area contributed by atoms with Gasteiger partial charge in [-0.2, -0.15) is 0 Å². The number of ether oxygens (including phenoxy) is 1. The molecule has 0 fully saturated rings. The van der Waals surface area contributed by atoms with Crippen molar-refractivity contribution in [2.75, 3.05) is 6.61 Å². The molecule has 0 aromatic carbocycles. The average molecular weight is 343 g/mol. The van der Waals surface area contributed by atoms with Crippen LogP contribution in [0.25, 0.3) is 0 Å². The molecule has 10 heteroatoms. The lowest BCUT2D eigenvalue weighted by atomic mass is 9.93. The van der Waals surface area contributed by atoms with Gasteiger partial charge in [0.15, 0.2) is 11.9 Å². The highest BCUT2D eigenvalue weighted by molar-refractivity contribution is 5.91. The molecule has 6 N–H and O–H groups in total. The van der Waals surface area contributed by atoms with E-state index in [0.29, 0.717) is 0 Å². The van der Waals surface area contributed by atoms with E-state index in [-0.39, 0.29) is 5.76 Å². The Labute approximate surface area is 135 Å². The summed E-state index contributed by atoms with van der Waals surface area (Å²) in [5.41, 5.74) is 0. The summed E-state index contributed by atoms with van der Waals surface area (Å²) in [6, 6.07) is 1.53. The van der Waals surface area contributed by atoms with E-state index in [0.717, 1.165) is 6.08 Å². The van der Waals surface area contributed by atoms with Crippen molar-refractivity contribution in [2.45, 2.75) is 30.5 Å². The van der Waals surface area contributed by atoms with Crippen LogP contribution in [0, 0.1) is 0 Å². The van der Waals surface area contributed by atoms with Crippen LogP contribution in [0.3, 0.4) is 0 Å². The number of amides is 1. The van der Waals surface area contributed by atoms with Gasteiger partial charge < -0.3 is 40.0 Å². The lowest BCUT2D eigenvalue weighted by molar-refractivity contribution is -0.147. The van der Waals surface area contributed by atoms with Crippen LogP contribution in [-0.4, -0.2) is 74.5 Å². The minimum absolute atomic E-state index is 0.0776. The van der Waals surface area contributed by atoms with Crippen molar-refractivity contribution in [3.63, 3.8) is 0 Å². The van der Waals surface area contributed by atoms with E-state index in [2.05, 4.69) is 5.32 Å². The first-order valence-electron chi connectivity index (χ1n) is 6.96. The number of nitrogens with one attached hydrogen (secondary N) is 1. The summed E-state index contributed by atoms with van der Waals surface area (Å²) in [5, 5.41) is 49.9. The first kappa shape index (κ1) is 17.9. The highest BCUT2D eigenvalue weighted by atomic mass is 16.5. The molecular weight excluding hydrogens is 326 g/mol. The third kappa shape index (κ3) is 3.74. The number of hydrogen-bond acceptors (Lipinski definition) is 8. The molecule has 0 spiro atoms. The summed E-state index contributed by atoms with van der Waals surface area (Å²) >= 11 is 0. The normalized spacial score (nSPS) is 26.0. The van der Waals surface area contributed by atoms with E-state index in [1.807, 2.05) is 0 Å². The molecule has 1 amide bonds. The number of aliphatic hydroxyl groups is 4. The van der Waals surface area contributed by atoms with Crippen LogP contribution >= 0.6 is 0 Å². The number of rotatable bonds is 6. The van der Waals surface area contributed by atoms with E-state index in [4.69, 9.17) is 19.4 Å². The van der Waals surface area contributed by atoms with Crippen LogP contribution in [0.1, 0.15) is 10.6 Å². The summed E-state index contributed by atoms with van der Waals surface area (Å²) in [7, 11) is 0. The van der Waals surface area contributed by atoms with Gasteiger partial charge >= 0.3 is 5.97 Å². The number of carbonyl (C=O) groups is 2. The third-order valence-corrected chi connectivity index (χ3v) is 3.48. The molecule has 1 aliphatic rings. The predicted octanol–water partition coefficient (Wildman–Crippen LogP) is -2.18. The van der Waals surface area contributed by atoms with Crippen LogP contribution in [-0.2, 0) is 9.53 Å². The predicted molar refractivity (Wildman–Crippen MR) is 75.7 cm³/mol. The second kappa shape index (κ2) is 7.45. The fraction of sp³-hybridized carbons (Fsp3) is 0.429. The molecule has 10 nitrogen and oxygen atoms in total. The van der Waals surface area contributed by atoms with Crippen molar-refractivity contribution in [2.24, 2.45) is 0 Å². The van der Waals surface area contributed by atoms with Crippen molar-refractivity contribution in [3.8, 4) is 0 Å². The maximum atomic E-state index is 12.0. The monoisotopic (exact) mass is 343 g/mol. The topological polar surface area (TPSA) is 170 Å². The molecule has 0 aliphatic carbocycles. The average Bonchev–Trinajstić information content (AvgIpc) is 3.09. The third-order valence-electron chi connectivity index (χ3n) is 3.48. The minimum Gasteiger partial charge on any atom is -0.478 e. The molecular formula is C14H17NO9. The Morgan fingerprint density at radius 3 is 2.58 bits per heavy atom. The van der Waals surface area contributed by atoms with Gasteiger partial charge in [0.05, 0.1) is 18.9 Å². The zero-order chi connectivity index (χ0) is 17.9. The maximum absolute atomic E-state index is 12.0. The van der Waals surface area contributed by atoms with Crippen LogP contribution in [0.5, 0.6) is 0 Å². The molecule has 0 bridgehead atoms. The maximum Gasteiger partial charge on any atom is 0.370 e. The molecule has 2 heterocycles. The molecule has 132 valence electrons. The Balaban J connectivity index is 2.26. The Morgan fingerprint density at radius 2 is 2.04 bits per heavy atom. The van der Waals surface area contributed by atoms with Crippen LogP contribution in [0.2, 0.25) is 0 Å². The molecule has 24 heavy (non-hydrogen) atoms. The summed E-state index contributed by atoms with van der Waals surface area (Å²) in [4.78, 5) is 23.1. The lowest BCUT2D eigenvalue weighted by Gasteiger charge is -2.38. The van der Waals surface area contributed by atoms with Crippen molar-refractivity contribution < 1.29 is 44.3 Å². The Morgan fingerprint density at radius 1 is 1.33 bits per heavy atom. The van der Waals surface area contributed by atoms with E-state index >= 15 is 0 Å². The molecule has 2 rings (SSSR count). The fourth-order valence-corrected chi connectivity index (χ4v) is 2.24. The van der Waals surface area contributed by atoms with Gasteiger partial charge in [-0.15, -0.1) is 0 Å².